The smallest absolute Gasteiger partial charge is 0.305 e. The summed E-state index contributed by atoms with van der Waals surface area (Å²) >= 11 is 0. The van der Waals surface area contributed by atoms with E-state index in [9.17, 15) is 14.7 Å². The third kappa shape index (κ3) is 6.84. The first kappa shape index (κ1) is 22.3. The minimum Gasteiger partial charge on any atom is -0.469 e. The largest absolute Gasteiger partial charge is 0.469 e. The van der Waals surface area contributed by atoms with Crippen LogP contribution in [0.4, 0.5) is 0 Å². The number of hydrogen-bond donors (Lipinski definition) is 1. The van der Waals surface area contributed by atoms with E-state index in [1.165, 1.54) is 7.11 Å². The summed E-state index contributed by atoms with van der Waals surface area (Å²) in [6, 6.07) is 0. The predicted octanol–water partition coefficient (Wildman–Crippen LogP) is 3.25. The number of Topliss-reactive ketones (excluding diaryl/α,β-unsaturated/α-hetero) is 1. The normalized spacial score (nSPS) is 31.0. The molecular formula is C21H36O6. The van der Waals surface area contributed by atoms with Gasteiger partial charge in [-0.1, -0.05) is 19.3 Å². The first-order valence-corrected chi connectivity index (χ1v) is 10.5. The fraction of sp³-hybridized carbons (Fsp3) is 0.905. The molecule has 1 heterocycles. The van der Waals surface area contributed by atoms with Gasteiger partial charge in [0.05, 0.1) is 13.2 Å². The Morgan fingerprint density at radius 2 is 1.89 bits per heavy atom. The molecule has 27 heavy (non-hydrogen) atoms. The number of carbonyl (C=O) groups excluding carboxylic acids is 2. The first-order chi connectivity index (χ1) is 13.1. The van der Waals surface area contributed by atoms with Crippen LogP contribution in [0.2, 0.25) is 0 Å². The van der Waals surface area contributed by atoms with E-state index in [1.54, 1.807) is 6.92 Å². The van der Waals surface area contributed by atoms with E-state index in [2.05, 4.69) is 4.74 Å². The number of esters is 1. The van der Waals surface area contributed by atoms with Crippen molar-refractivity contribution in [1.29, 1.82) is 0 Å². The molecule has 1 saturated heterocycles. The van der Waals surface area contributed by atoms with Gasteiger partial charge in [-0.15, -0.1) is 0 Å². The van der Waals surface area contributed by atoms with Crippen molar-refractivity contribution in [2.45, 2.75) is 83.5 Å². The van der Waals surface area contributed by atoms with Crippen molar-refractivity contribution in [3.8, 4) is 0 Å². The van der Waals surface area contributed by atoms with Gasteiger partial charge >= 0.3 is 5.97 Å². The Kier molecular flexibility index (Phi) is 9.73. The average Bonchev–Trinajstić information content (AvgIpc) is 3.02. The van der Waals surface area contributed by atoms with Gasteiger partial charge in [0.1, 0.15) is 5.78 Å². The molecule has 2 fully saturated rings. The van der Waals surface area contributed by atoms with Crippen LogP contribution in [-0.4, -0.2) is 49.6 Å². The maximum Gasteiger partial charge on any atom is 0.305 e. The van der Waals surface area contributed by atoms with Gasteiger partial charge in [-0.25, -0.2) is 0 Å². The van der Waals surface area contributed by atoms with Crippen LogP contribution < -0.4 is 0 Å². The van der Waals surface area contributed by atoms with Crippen molar-refractivity contribution in [2.75, 3.05) is 20.3 Å². The molecular weight excluding hydrogens is 348 g/mol. The minimum absolute atomic E-state index is 0.000467. The van der Waals surface area contributed by atoms with Crippen molar-refractivity contribution < 1.29 is 28.9 Å². The second-order valence-corrected chi connectivity index (χ2v) is 7.96. The van der Waals surface area contributed by atoms with Crippen LogP contribution in [0, 0.1) is 17.8 Å². The van der Waals surface area contributed by atoms with Crippen molar-refractivity contribution in [3.63, 3.8) is 0 Å². The van der Waals surface area contributed by atoms with Gasteiger partial charge in [-0.3, -0.25) is 9.59 Å². The molecule has 6 nitrogen and oxygen atoms in total. The number of aliphatic hydroxyl groups excluding tert-OH is 1. The van der Waals surface area contributed by atoms with Crippen LogP contribution in [0.5, 0.6) is 0 Å². The fourth-order valence-electron chi connectivity index (χ4n) is 4.58. The zero-order valence-corrected chi connectivity index (χ0v) is 16.9. The molecule has 0 aromatic rings. The number of hydrogen-bond acceptors (Lipinski definition) is 6. The maximum absolute atomic E-state index is 12.2. The Bertz CT molecular complexity index is 460. The van der Waals surface area contributed by atoms with Crippen LogP contribution in [0.1, 0.15) is 71.1 Å². The molecule has 0 bridgehead atoms. The summed E-state index contributed by atoms with van der Waals surface area (Å²) in [5, 5.41) is 9.98. The molecule has 0 spiro atoms. The van der Waals surface area contributed by atoms with Gasteiger partial charge in [-0.05, 0) is 51.4 Å². The van der Waals surface area contributed by atoms with E-state index >= 15 is 0 Å². The zero-order chi connectivity index (χ0) is 19.6. The lowest BCUT2D eigenvalue weighted by molar-refractivity contribution is -0.198. The number of methoxy groups -OCH3 is 1. The lowest BCUT2D eigenvalue weighted by atomic mass is 9.83. The van der Waals surface area contributed by atoms with Crippen molar-refractivity contribution in [1.82, 2.24) is 0 Å². The predicted molar refractivity (Wildman–Crippen MR) is 101 cm³/mol. The highest BCUT2D eigenvalue weighted by Gasteiger charge is 2.45. The van der Waals surface area contributed by atoms with Crippen molar-refractivity contribution >= 4 is 11.8 Å². The van der Waals surface area contributed by atoms with Crippen molar-refractivity contribution in [3.05, 3.63) is 0 Å². The first-order valence-electron chi connectivity index (χ1n) is 10.5. The molecule has 156 valence electrons. The van der Waals surface area contributed by atoms with Crippen LogP contribution in [0.3, 0.4) is 0 Å². The van der Waals surface area contributed by atoms with E-state index in [0.29, 0.717) is 12.8 Å². The van der Waals surface area contributed by atoms with Crippen LogP contribution in [0.25, 0.3) is 0 Å². The number of rotatable bonds is 11. The Morgan fingerprint density at radius 3 is 2.52 bits per heavy atom. The zero-order valence-electron chi connectivity index (χ0n) is 16.9. The molecule has 0 radical (unpaired) electrons. The molecule has 5 unspecified atom stereocenters. The van der Waals surface area contributed by atoms with Crippen LogP contribution in [-0.2, 0) is 23.8 Å². The highest BCUT2D eigenvalue weighted by atomic mass is 16.7. The Balaban J connectivity index is 1.82. The quantitative estimate of drug-likeness (QED) is 0.435. The summed E-state index contributed by atoms with van der Waals surface area (Å²) in [6.45, 7) is 2.43. The average molecular weight is 385 g/mol. The van der Waals surface area contributed by atoms with E-state index in [-0.39, 0.29) is 48.5 Å². The second-order valence-electron chi connectivity index (χ2n) is 7.96. The van der Waals surface area contributed by atoms with Crippen LogP contribution in [0.15, 0.2) is 0 Å². The maximum atomic E-state index is 12.2. The van der Waals surface area contributed by atoms with Gasteiger partial charge in [0.2, 0.25) is 0 Å². The Labute approximate surface area is 162 Å². The lowest BCUT2D eigenvalue weighted by Crippen LogP contribution is -2.33. The Morgan fingerprint density at radius 1 is 1.11 bits per heavy atom. The fourth-order valence-corrected chi connectivity index (χ4v) is 4.58. The third-order valence-electron chi connectivity index (χ3n) is 6.12. The number of aliphatic hydroxyl groups is 1. The highest BCUT2D eigenvalue weighted by Crippen LogP contribution is 2.43. The van der Waals surface area contributed by atoms with Gasteiger partial charge in [0.15, 0.2) is 6.29 Å². The van der Waals surface area contributed by atoms with Gasteiger partial charge < -0.3 is 19.3 Å². The number of ketones is 1. The van der Waals surface area contributed by atoms with Crippen molar-refractivity contribution in [2.24, 2.45) is 17.8 Å². The molecule has 0 aromatic heterocycles. The summed E-state index contributed by atoms with van der Waals surface area (Å²) < 4.78 is 16.5. The summed E-state index contributed by atoms with van der Waals surface area (Å²) in [6.07, 6.45) is 8.68. The molecule has 1 aliphatic heterocycles. The lowest BCUT2D eigenvalue weighted by Gasteiger charge is -2.29. The molecule has 1 aliphatic carbocycles. The van der Waals surface area contributed by atoms with E-state index in [0.717, 1.165) is 58.0 Å². The SMILES string of the molecule is COC(=O)CCCCCCC1C(C(C)=O)CC(OC2CCCCO2)C1CO. The Hall–Kier alpha value is -0.980. The molecule has 6 heteroatoms. The summed E-state index contributed by atoms with van der Waals surface area (Å²) in [4.78, 5) is 23.3. The van der Waals surface area contributed by atoms with E-state index < -0.39 is 0 Å². The van der Waals surface area contributed by atoms with Gasteiger partial charge in [-0.2, -0.15) is 0 Å². The van der Waals surface area contributed by atoms with Crippen LogP contribution >= 0.6 is 0 Å². The monoisotopic (exact) mass is 384 g/mol. The molecule has 1 saturated carbocycles. The standard InChI is InChI=1S/C21H36O6/c1-15(23)17-13-19(27-21-11-7-8-12-26-21)18(14-22)16(17)9-5-3-4-6-10-20(24)25-2/h16-19,21-22H,3-14H2,1-2H3. The summed E-state index contributed by atoms with van der Waals surface area (Å²) in [7, 11) is 1.41. The molecule has 0 aromatic carbocycles. The molecule has 5 atom stereocenters. The number of ether oxygens (including phenoxy) is 3. The van der Waals surface area contributed by atoms with E-state index in [4.69, 9.17) is 9.47 Å². The molecule has 0 amide bonds. The molecule has 2 rings (SSSR count). The highest BCUT2D eigenvalue weighted by molar-refractivity contribution is 5.79. The molecule has 1 N–H and O–H groups in total. The summed E-state index contributed by atoms with van der Waals surface area (Å²) in [5.74, 6) is 0.166. The summed E-state index contributed by atoms with van der Waals surface area (Å²) in [5.41, 5.74) is 0. The van der Waals surface area contributed by atoms with Gasteiger partial charge in [0.25, 0.3) is 0 Å². The minimum atomic E-state index is -0.192. The number of carbonyl (C=O) groups is 2. The number of unbranched alkanes of at least 4 members (excludes halogenated alkanes) is 3. The van der Waals surface area contributed by atoms with E-state index in [1.807, 2.05) is 0 Å². The topological polar surface area (TPSA) is 82.1 Å². The molecule has 2 aliphatic rings. The second kappa shape index (κ2) is 11.8. The third-order valence-corrected chi connectivity index (χ3v) is 6.12. The van der Waals surface area contributed by atoms with Gasteiger partial charge in [0, 0.05) is 31.5 Å².